The van der Waals surface area contributed by atoms with Gasteiger partial charge in [-0.25, -0.2) is 0 Å². The molecule has 160 valence electrons. The Hall–Kier alpha value is -4.13. The molecule has 0 aliphatic carbocycles. The number of Topliss-reactive ketones (excluding diaryl/α,β-unsaturated/α-hetero) is 1. The van der Waals surface area contributed by atoms with Crippen LogP contribution < -0.4 is 14.4 Å². The fraction of sp³-hybridized carbons (Fsp3) is 0.160. The number of rotatable bonds is 3. The molecule has 32 heavy (non-hydrogen) atoms. The summed E-state index contributed by atoms with van der Waals surface area (Å²) >= 11 is 0. The Kier molecular flexibility index (Phi) is 4.66. The van der Waals surface area contributed by atoms with Gasteiger partial charge in [-0.05, 0) is 66.9 Å². The monoisotopic (exact) mass is 428 g/mol. The second-order valence-corrected chi connectivity index (χ2v) is 7.87. The smallest absolute Gasteiger partial charge is 0.300 e. The van der Waals surface area contributed by atoms with Crippen LogP contribution in [0.1, 0.15) is 28.3 Å². The first kappa shape index (κ1) is 19.8. The number of anilines is 1. The highest BCUT2D eigenvalue weighted by atomic mass is 16.7. The highest BCUT2D eigenvalue weighted by molar-refractivity contribution is 6.51. The van der Waals surface area contributed by atoms with Crippen LogP contribution in [-0.2, 0) is 9.59 Å². The lowest BCUT2D eigenvalue weighted by molar-refractivity contribution is -0.132. The zero-order valence-corrected chi connectivity index (χ0v) is 17.5. The van der Waals surface area contributed by atoms with Crippen molar-refractivity contribution in [3.63, 3.8) is 0 Å². The largest absolute Gasteiger partial charge is 0.507 e. The molecule has 0 saturated carbocycles. The number of aromatic nitrogens is 1. The van der Waals surface area contributed by atoms with Gasteiger partial charge in [-0.2, -0.15) is 0 Å². The number of amides is 1. The number of hydrogen-bond donors (Lipinski definition) is 1. The molecule has 1 saturated heterocycles. The van der Waals surface area contributed by atoms with E-state index in [2.05, 4.69) is 4.98 Å². The number of hydrogen-bond acceptors (Lipinski definition) is 6. The number of carbonyl (C=O) groups excluding carboxylic acids is 2. The van der Waals surface area contributed by atoms with E-state index >= 15 is 0 Å². The van der Waals surface area contributed by atoms with Crippen molar-refractivity contribution in [2.45, 2.75) is 19.9 Å². The molecule has 1 atom stereocenters. The standard InChI is InChI=1S/C25H20N2O5/c1-14-8-15(2)10-18(9-14)27-22(17-4-3-7-26-12-17)21(24(29)25(27)30)23(28)16-5-6-19-20(11-16)32-13-31-19/h3-12,22,28H,13H2,1-2H3/b23-21-. The number of ketones is 1. The van der Waals surface area contributed by atoms with E-state index in [-0.39, 0.29) is 18.1 Å². The fourth-order valence-electron chi connectivity index (χ4n) is 4.24. The molecule has 7 nitrogen and oxygen atoms in total. The number of nitrogens with zero attached hydrogens (tertiary/aromatic N) is 2. The van der Waals surface area contributed by atoms with Crippen LogP contribution in [0.4, 0.5) is 5.69 Å². The van der Waals surface area contributed by atoms with Crippen molar-refractivity contribution in [1.29, 1.82) is 0 Å². The Morgan fingerprint density at radius 1 is 1.03 bits per heavy atom. The van der Waals surface area contributed by atoms with Crippen molar-refractivity contribution in [3.8, 4) is 11.5 Å². The van der Waals surface area contributed by atoms with E-state index in [1.807, 2.05) is 32.0 Å². The number of carbonyl (C=O) groups is 2. The average molecular weight is 428 g/mol. The summed E-state index contributed by atoms with van der Waals surface area (Å²) in [5, 5.41) is 11.2. The lowest BCUT2D eigenvalue weighted by atomic mass is 9.96. The van der Waals surface area contributed by atoms with Crippen LogP contribution in [0.25, 0.3) is 5.76 Å². The summed E-state index contributed by atoms with van der Waals surface area (Å²) in [7, 11) is 0. The minimum atomic E-state index is -0.824. The molecule has 3 heterocycles. The molecule has 1 aromatic heterocycles. The molecule has 2 aliphatic rings. The van der Waals surface area contributed by atoms with Crippen LogP contribution in [0, 0.1) is 13.8 Å². The minimum absolute atomic E-state index is 0.000949. The van der Waals surface area contributed by atoms with Gasteiger partial charge in [0.15, 0.2) is 11.5 Å². The molecular weight excluding hydrogens is 408 g/mol. The second kappa shape index (κ2) is 7.53. The summed E-state index contributed by atoms with van der Waals surface area (Å²) in [5.41, 5.74) is 3.49. The van der Waals surface area contributed by atoms with E-state index in [0.717, 1.165) is 11.1 Å². The van der Waals surface area contributed by atoms with E-state index in [9.17, 15) is 14.7 Å². The number of ether oxygens (including phenoxy) is 2. The summed E-state index contributed by atoms with van der Waals surface area (Å²) in [6.07, 6.45) is 3.21. The van der Waals surface area contributed by atoms with E-state index in [1.54, 1.807) is 42.7 Å². The van der Waals surface area contributed by atoms with Gasteiger partial charge >= 0.3 is 0 Å². The molecule has 0 radical (unpaired) electrons. The summed E-state index contributed by atoms with van der Waals surface area (Å²) < 4.78 is 10.7. The van der Waals surface area contributed by atoms with Crippen LogP contribution in [0.15, 0.2) is 66.5 Å². The molecule has 0 bridgehead atoms. The molecule has 1 fully saturated rings. The zero-order valence-electron chi connectivity index (χ0n) is 17.5. The first-order valence-electron chi connectivity index (χ1n) is 10.1. The summed E-state index contributed by atoms with van der Waals surface area (Å²) in [4.78, 5) is 32.0. The Balaban J connectivity index is 1.71. The molecule has 7 heteroatoms. The van der Waals surface area contributed by atoms with E-state index in [4.69, 9.17) is 9.47 Å². The number of aliphatic hydroxyl groups excluding tert-OH is 1. The maximum absolute atomic E-state index is 13.2. The fourth-order valence-corrected chi connectivity index (χ4v) is 4.24. The van der Waals surface area contributed by atoms with Crippen molar-refractivity contribution in [2.75, 3.05) is 11.7 Å². The third-order valence-electron chi connectivity index (χ3n) is 5.58. The van der Waals surface area contributed by atoms with E-state index in [0.29, 0.717) is 28.3 Å². The van der Waals surface area contributed by atoms with Crippen molar-refractivity contribution < 1.29 is 24.2 Å². The summed E-state index contributed by atoms with van der Waals surface area (Å²) in [6.45, 7) is 3.95. The molecule has 3 aromatic rings. The molecule has 1 unspecified atom stereocenters. The molecule has 1 N–H and O–H groups in total. The van der Waals surface area contributed by atoms with Gasteiger partial charge < -0.3 is 14.6 Å². The lowest BCUT2D eigenvalue weighted by Gasteiger charge is -2.25. The van der Waals surface area contributed by atoms with Gasteiger partial charge in [0.1, 0.15) is 5.76 Å². The minimum Gasteiger partial charge on any atom is -0.507 e. The average Bonchev–Trinajstić information content (AvgIpc) is 3.35. The third kappa shape index (κ3) is 3.19. The zero-order chi connectivity index (χ0) is 22.4. The summed E-state index contributed by atoms with van der Waals surface area (Å²) in [6, 6.07) is 13.3. The molecule has 5 rings (SSSR count). The topological polar surface area (TPSA) is 89.0 Å². The van der Waals surface area contributed by atoms with Crippen molar-refractivity contribution >= 4 is 23.1 Å². The number of aryl methyl sites for hydroxylation is 2. The molecule has 0 spiro atoms. The van der Waals surface area contributed by atoms with Crippen LogP contribution in [0.2, 0.25) is 0 Å². The number of pyridine rings is 1. The highest BCUT2D eigenvalue weighted by Crippen LogP contribution is 2.43. The molecule has 1 amide bonds. The summed E-state index contributed by atoms with van der Waals surface area (Å²) in [5.74, 6) is -0.710. The quantitative estimate of drug-likeness (QED) is 0.385. The predicted octanol–water partition coefficient (Wildman–Crippen LogP) is 4.05. The Bertz CT molecular complexity index is 1260. The Labute approximate surface area is 184 Å². The number of fused-ring (bicyclic) bond motifs is 1. The maximum atomic E-state index is 13.2. The Morgan fingerprint density at radius 2 is 1.78 bits per heavy atom. The van der Waals surface area contributed by atoms with E-state index in [1.165, 1.54) is 4.90 Å². The molecular formula is C25H20N2O5. The van der Waals surface area contributed by atoms with Gasteiger partial charge in [-0.15, -0.1) is 0 Å². The van der Waals surface area contributed by atoms with Gasteiger partial charge in [0.05, 0.1) is 11.6 Å². The van der Waals surface area contributed by atoms with E-state index < -0.39 is 17.7 Å². The van der Waals surface area contributed by atoms with Gasteiger partial charge in [0.25, 0.3) is 11.7 Å². The molecule has 2 aliphatic heterocycles. The Morgan fingerprint density at radius 3 is 2.50 bits per heavy atom. The van der Waals surface area contributed by atoms with Crippen molar-refractivity contribution in [1.82, 2.24) is 4.98 Å². The number of benzene rings is 2. The predicted molar refractivity (Wildman–Crippen MR) is 118 cm³/mol. The van der Waals surface area contributed by atoms with Crippen LogP contribution >= 0.6 is 0 Å². The van der Waals surface area contributed by atoms with Gasteiger partial charge in [-0.3, -0.25) is 19.5 Å². The van der Waals surface area contributed by atoms with Crippen molar-refractivity contribution in [3.05, 3.63) is 88.8 Å². The first-order chi connectivity index (χ1) is 15.4. The number of aliphatic hydroxyl groups is 1. The van der Waals surface area contributed by atoms with Crippen LogP contribution in [0.5, 0.6) is 11.5 Å². The second-order valence-electron chi connectivity index (χ2n) is 7.87. The lowest BCUT2D eigenvalue weighted by Crippen LogP contribution is -2.29. The normalized spacial score (nSPS) is 18.9. The van der Waals surface area contributed by atoms with Crippen molar-refractivity contribution in [2.24, 2.45) is 0 Å². The first-order valence-corrected chi connectivity index (χ1v) is 10.1. The third-order valence-corrected chi connectivity index (χ3v) is 5.58. The van der Waals surface area contributed by atoms with Gasteiger partial charge in [0.2, 0.25) is 6.79 Å². The molecule has 2 aromatic carbocycles. The SMILES string of the molecule is Cc1cc(C)cc(N2C(=O)C(=O)/C(=C(\O)c3ccc4c(c3)OCO4)C2c2cccnc2)c1. The van der Waals surface area contributed by atoms with Gasteiger partial charge in [0, 0.05) is 23.6 Å². The van der Waals surface area contributed by atoms with Gasteiger partial charge in [-0.1, -0.05) is 12.1 Å². The highest BCUT2D eigenvalue weighted by Gasteiger charge is 2.47. The van der Waals surface area contributed by atoms with Crippen LogP contribution in [-0.4, -0.2) is 28.6 Å². The van der Waals surface area contributed by atoms with Crippen LogP contribution in [0.3, 0.4) is 0 Å². The maximum Gasteiger partial charge on any atom is 0.300 e.